The van der Waals surface area contributed by atoms with E-state index >= 15 is 0 Å². The third-order valence-corrected chi connectivity index (χ3v) is 5.73. The molecule has 1 saturated carbocycles. The fraction of sp³-hybridized carbons (Fsp3) is 0.455. The lowest BCUT2D eigenvalue weighted by atomic mass is 9.96. The lowest BCUT2D eigenvalue weighted by Crippen LogP contribution is -2.41. The Bertz CT molecular complexity index is 862. The number of hydrogen-bond donors (Lipinski definition) is 2. The van der Waals surface area contributed by atoms with Gasteiger partial charge in [-0.3, -0.25) is 4.99 Å². The van der Waals surface area contributed by atoms with E-state index in [0.717, 1.165) is 68.6 Å². The number of aromatic nitrogens is 1. The summed E-state index contributed by atoms with van der Waals surface area (Å²) in [6.45, 7) is 4.54. The van der Waals surface area contributed by atoms with E-state index in [-0.39, 0.29) is 11.2 Å². The minimum atomic E-state index is -0.177. The number of aliphatic imine (C=N–C) groups is 1. The van der Waals surface area contributed by atoms with Gasteiger partial charge in [0, 0.05) is 50.4 Å². The van der Waals surface area contributed by atoms with Crippen LogP contribution in [0.25, 0.3) is 0 Å². The number of guanidine groups is 1. The van der Waals surface area contributed by atoms with Crippen LogP contribution in [0.1, 0.15) is 24.0 Å². The number of benzene rings is 1. The molecule has 2 heterocycles. The monoisotopic (exact) mass is 397 g/mol. The first kappa shape index (κ1) is 19.6. The van der Waals surface area contributed by atoms with E-state index in [0.29, 0.717) is 6.54 Å². The lowest BCUT2D eigenvalue weighted by molar-refractivity contribution is 0.122. The van der Waals surface area contributed by atoms with Crippen LogP contribution in [0.3, 0.4) is 0 Å². The SMILES string of the molecule is CN=C(NCc1cccnc1N1CCOCC1)NCC1(c2cccc(F)c2)CC1. The molecule has 4 rings (SSSR count). The molecule has 0 atom stereocenters. The van der Waals surface area contributed by atoms with Gasteiger partial charge in [-0.2, -0.15) is 0 Å². The molecule has 1 aromatic carbocycles. The molecule has 2 fully saturated rings. The van der Waals surface area contributed by atoms with E-state index < -0.39 is 0 Å². The topological polar surface area (TPSA) is 61.8 Å². The molecular formula is C22H28FN5O. The van der Waals surface area contributed by atoms with Crippen LogP contribution in [0.4, 0.5) is 10.2 Å². The number of hydrogen-bond acceptors (Lipinski definition) is 4. The standard InChI is InChI=1S/C22H28FN5O/c1-24-21(27-16-22(7-8-22)18-5-2-6-19(23)14-18)26-15-17-4-3-9-25-20(17)28-10-12-29-13-11-28/h2-6,9,14H,7-8,10-13,15-16H2,1H3,(H2,24,26,27). The van der Waals surface area contributed by atoms with Crippen molar-refractivity contribution in [3.05, 3.63) is 59.5 Å². The zero-order chi connectivity index (χ0) is 20.1. The average molecular weight is 397 g/mol. The first-order chi connectivity index (χ1) is 14.2. The third-order valence-electron chi connectivity index (χ3n) is 5.73. The molecule has 1 saturated heterocycles. The fourth-order valence-electron chi connectivity index (χ4n) is 3.82. The quantitative estimate of drug-likeness (QED) is 0.579. The van der Waals surface area contributed by atoms with Crippen LogP contribution in [0.5, 0.6) is 0 Å². The van der Waals surface area contributed by atoms with Crippen LogP contribution >= 0.6 is 0 Å². The molecule has 2 N–H and O–H groups in total. The maximum absolute atomic E-state index is 13.6. The van der Waals surface area contributed by atoms with E-state index in [2.05, 4.69) is 31.6 Å². The molecule has 0 spiro atoms. The van der Waals surface area contributed by atoms with E-state index in [1.54, 1.807) is 19.2 Å². The summed E-state index contributed by atoms with van der Waals surface area (Å²) in [5.74, 6) is 1.56. The Hall–Kier alpha value is -2.67. The van der Waals surface area contributed by atoms with Crippen LogP contribution in [0.2, 0.25) is 0 Å². The van der Waals surface area contributed by atoms with Crippen LogP contribution < -0.4 is 15.5 Å². The van der Waals surface area contributed by atoms with Crippen LogP contribution in [-0.2, 0) is 16.7 Å². The number of ether oxygens (including phenoxy) is 1. The van der Waals surface area contributed by atoms with Gasteiger partial charge in [0.2, 0.25) is 0 Å². The third kappa shape index (κ3) is 4.67. The Morgan fingerprint density at radius 1 is 1.21 bits per heavy atom. The van der Waals surface area contributed by atoms with Crippen molar-refractivity contribution in [1.82, 2.24) is 15.6 Å². The first-order valence-corrected chi connectivity index (χ1v) is 10.2. The Labute approximate surface area is 171 Å². The van der Waals surface area contributed by atoms with Gasteiger partial charge in [0.1, 0.15) is 11.6 Å². The van der Waals surface area contributed by atoms with Gasteiger partial charge >= 0.3 is 0 Å². The van der Waals surface area contributed by atoms with Crippen LogP contribution in [-0.4, -0.2) is 50.8 Å². The largest absolute Gasteiger partial charge is 0.378 e. The van der Waals surface area contributed by atoms with E-state index in [1.807, 2.05) is 18.3 Å². The summed E-state index contributed by atoms with van der Waals surface area (Å²) in [5, 5.41) is 6.82. The first-order valence-electron chi connectivity index (χ1n) is 10.2. The number of nitrogens with one attached hydrogen (secondary N) is 2. The van der Waals surface area contributed by atoms with E-state index in [9.17, 15) is 4.39 Å². The Balaban J connectivity index is 1.36. The van der Waals surface area contributed by atoms with Crippen molar-refractivity contribution >= 4 is 11.8 Å². The molecule has 1 aromatic heterocycles. The predicted molar refractivity (Wildman–Crippen MR) is 113 cm³/mol. The maximum Gasteiger partial charge on any atom is 0.191 e. The second kappa shape index (κ2) is 8.78. The molecule has 1 aliphatic carbocycles. The van der Waals surface area contributed by atoms with Gasteiger partial charge in [0.15, 0.2) is 5.96 Å². The number of morpholine rings is 1. The second-order valence-corrected chi connectivity index (χ2v) is 7.66. The van der Waals surface area contributed by atoms with Crippen molar-refractivity contribution in [1.29, 1.82) is 0 Å². The molecular weight excluding hydrogens is 369 g/mol. The Morgan fingerprint density at radius 2 is 2.03 bits per heavy atom. The van der Waals surface area contributed by atoms with Gasteiger partial charge in [0.05, 0.1) is 13.2 Å². The molecule has 6 nitrogen and oxygen atoms in total. The minimum Gasteiger partial charge on any atom is -0.378 e. The number of rotatable bonds is 6. The molecule has 0 bridgehead atoms. The Kier molecular flexibility index (Phi) is 5.94. The normalized spacial score (nSPS) is 18.4. The summed E-state index contributed by atoms with van der Waals surface area (Å²) in [4.78, 5) is 11.2. The lowest BCUT2D eigenvalue weighted by Gasteiger charge is -2.29. The number of anilines is 1. The van der Waals surface area contributed by atoms with Crippen molar-refractivity contribution in [3.63, 3.8) is 0 Å². The summed E-state index contributed by atoms with van der Waals surface area (Å²) in [6, 6.07) is 11.0. The van der Waals surface area contributed by atoms with E-state index in [1.165, 1.54) is 6.07 Å². The van der Waals surface area contributed by atoms with Crippen molar-refractivity contribution in [2.24, 2.45) is 4.99 Å². The van der Waals surface area contributed by atoms with Gasteiger partial charge in [-0.25, -0.2) is 9.37 Å². The number of halogens is 1. The van der Waals surface area contributed by atoms with Gasteiger partial charge in [-0.1, -0.05) is 18.2 Å². The summed E-state index contributed by atoms with van der Waals surface area (Å²) in [5.41, 5.74) is 2.19. The molecule has 0 amide bonds. The molecule has 2 aliphatic rings. The average Bonchev–Trinajstić information content (AvgIpc) is 3.56. The predicted octanol–water partition coefficient (Wildman–Crippen LogP) is 2.45. The van der Waals surface area contributed by atoms with Crippen LogP contribution in [0.15, 0.2) is 47.6 Å². The smallest absolute Gasteiger partial charge is 0.191 e. The fourth-order valence-corrected chi connectivity index (χ4v) is 3.82. The Morgan fingerprint density at radius 3 is 2.76 bits per heavy atom. The van der Waals surface area contributed by atoms with Crippen molar-refractivity contribution in [2.45, 2.75) is 24.8 Å². The zero-order valence-electron chi connectivity index (χ0n) is 16.8. The summed E-state index contributed by atoms with van der Waals surface area (Å²) in [7, 11) is 1.77. The number of pyridine rings is 1. The van der Waals surface area contributed by atoms with Gasteiger partial charge < -0.3 is 20.3 Å². The highest BCUT2D eigenvalue weighted by Gasteiger charge is 2.44. The molecule has 0 unspecified atom stereocenters. The van der Waals surface area contributed by atoms with Crippen LogP contribution in [0, 0.1) is 5.82 Å². The molecule has 154 valence electrons. The molecule has 29 heavy (non-hydrogen) atoms. The zero-order valence-corrected chi connectivity index (χ0v) is 16.8. The van der Waals surface area contributed by atoms with Gasteiger partial charge in [0.25, 0.3) is 0 Å². The van der Waals surface area contributed by atoms with Gasteiger partial charge in [-0.05, 0) is 36.6 Å². The van der Waals surface area contributed by atoms with Crippen molar-refractivity contribution in [2.75, 3.05) is 44.8 Å². The summed E-state index contributed by atoms with van der Waals surface area (Å²) >= 11 is 0. The van der Waals surface area contributed by atoms with Crippen molar-refractivity contribution < 1.29 is 9.13 Å². The molecule has 7 heteroatoms. The maximum atomic E-state index is 13.6. The van der Waals surface area contributed by atoms with Crippen molar-refractivity contribution in [3.8, 4) is 0 Å². The second-order valence-electron chi connectivity index (χ2n) is 7.66. The highest BCUT2D eigenvalue weighted by atomic mass is 19.1. The highest BCUT2D eigenvalue weighted by Crippen LogP contribution is 2.47. The summed E-state index contributed by atoms with van der Waals surface area (Å²) < 4.78 is 19.1. The minimum absolute atomic E-state index is 0.00693. The van der Waals surface area contributed by atoms with E-state index in [4.69, 9.17) is 4.74 Å². The molecule has 1 aliphatic heterocycles. The molecule has 2 aromatic rings. The summed E-state index contributed by atoms with van der Waals surface area (Å²) in [6.07, 6.45) is 3.95. The molecule has 0 radical (unpaired) electrons. The number of nitrogens with zero attached hydrogens (tertiary/aromatic N) is 3. The van der Waals surface area contributed by atoms with Gasteiger partial charge in [-0.15, -0.1) is 0 Å². The highest BCUT2D eigenvalue weighted by molar-refractivity contribution is 5.80.